The highest BCUT2D eigenvalue weighted by Crippen LogP contribution is 2.09. The van der Waals surface area contributed by atoms with Crippen molar-refractivity contribution in [3.63, 3.8) is 0 Å². The zero-order valence-corrected chi connectivity index (χ0v) is 14.6. The van der Waals surface area contributed by atoms with Gasteiger partial charge >= 0.3 is 0 Å². The molecule has 0 amide bonds. The third-order valence-electron chi connectivity index (χ3n) is 3.97. The standard InChI is InChI=1S/C24H26/c1-3-5-7-8-10-22-13-17-24(18-14-22)20-19-23-15-11-21(12-16-23)9-6-4-2/h3-5,11-18H,2,6-10H2,1H3. The van der Waals surface area contributed by atoms with Crippen LogP contribution in [-0.2, 0) is 12.8 Å². The predicted molar refractivity (Wildman–Crippen MR) is 105 cm³/mol. The Kier molecular flexibility index (Phi) is 7.64. The molecule has 0 nitrogen and oxygen atoms in total. The summed E-state index contributed by atoms with van der Waals surface area (Å²) in [6.07, 6.45) is 11.8. The van der Waals surface area contributed by atoms with Crippen LogP contribution in [0.4, 0.5) is 0 Å². The zero-order valence-electron chi connectivity index (χ0n) is 14.6. The molecule has 0 aliphatic heterocycles. The Morgan fingerprint density at radius 1 is 0.792 bits per heavy atom. The summed E-state index contributed by atoms with van der Waals surface area (Å²) in [4.78, 5) is 0. The fraction of sp³-hybridized carbons (Fsp3) is 0.250. The van der Waals surface area contributed by atoms with E-state index in [0.717, 1.165) is 36.8 Å². The van der Waals surface area contributed by atoms with Crippen LogP contribution in [-0.4, -0.2) is 0 Å². The van der Waals surface area contributed by atoms with Crippen molar-refractivity contribution in [1.82, 2.24) is 0 Å². The summed E-state index contributed by atoms with van der Waals surface area (Å²) in [5.41, 5.74) is 4.86. The number of hydrogen-bond acceptors (Lipinski definition) is 0. The lowest BCUT2D eigenvalue weighted by Crippen LogP contribution is -1.85. The van der Waals surface area contributed by atoms with Crippen LogP contribution in [0.2, 0.25) is 0 Å². The first-order valence-corrected chi connectivity index (χ1v) is 8.74. The van der Waals surface area contributed by atoms with Crippen molar-refractivity contribution < 1.29 is 0 Å². The van der Waals surface area contributed by atoms with Crippen molar-refractivity contribution in [1.29, 1.82) is 0 Å². The van der Waals surface area contributed by atoms with Gasteiger partial charge in [0.05, 0.1) is 0 Å². The zero-order chi connectivity index (χ0) is 17.0. The molecule has 24 heavy (non-hydrogen) atoms. The van der Waals surface area contributed by atoms with Gasteiger partial charge in [0, 0.05) is 11.1 Å². The number of aryl methyl sites for hydroxylation is 2. The molecule has 122 valence electrons. The number of allylic oxidation sites excluding steroid dienone is 3. The Labute approximate surface area is 146 Å². The quantitative estimate of drug-likeness (QED) is 0.329. The molecule has 0 fully saturated rings. The van der Waals surface area contributed by atoms with Gasteiger partial charge in [0.2, 0.25) is 0 Å². The van der Waals surface area contributed by atoms with Gasteiger partial charge in [-0.2, -0.15) is 0 Å². The fourth-order valence-electron chi connectivity index (χ4n) is 2.51. The molecule has 0 spiro atoms. The number of benzene rings is 2. The van der Waals surface area contributed by atoms with E-state index in [9.17, 15) is 0 Å². The number of unbranched alkanes of at least 4 members (excludes halogenated alkanes) is 1. The molecule has 0 saturated heterocycles. The van der Waals surface area contributed by atoms with Gasteiger partial charge in [-0.3, -0.25) is 0 Å². The van der Waals surface area contributed by atoms with E-state index in [4.69, 9.17) is 0 Å². The van der Waals surface area contributed by atoms with E-state index in [-0.39, 0.29) is 0 Å². The van der Waals surface area contributed by atoms with Gasteiger partial charge in [-0.15, -0.1) is 6.58 Å². The summed E-state index contributed by atoms with van der Waals surface area (Å²) in [6, 6.07) is 17.1. The molecule has 0 aromatic heterocycles. The minimum Gasteiger partial charge on any atom is -0.103 e. The summed E-state index contributed by atoms with van der Waals surface area (Å²) in [5.74, 6) is 6.49. The lowest BCUT2D eigenvalue weighted by atomic mass is 10.1. The average Bonchev–Trinajstić information content (AvgIpc) is 2.64. The number of hydrogen-bond donors (Lipinski definition) is 0. The second-order valence-corrected chi connectivity index (χ2v) is 5.93. The highest BCUT2D eigenvalue weighted by atomic mass is 14.0. The molecule has 0 aliphatic rings. The maximum absolute atomic E-state index is 3.76. The monoisotopic (exact) mass is 314 g/mol. The highest BCUT2D eigenvalue weighted by Gasteiger charge is 1.94. The Balaban J connectivity index is 1.91. The van der Waals surface area contributed by atoms with Gasteiger partial charge in [0.1, 0.15) is 0 Å². The van der Waals surface area contributed by atoms with E-state index < -0.39 is 0 Å². The van der Waals surface area contributed by atoms with Gasteiger partial charge in [-0.05, 0) is 74.4 Å². The van der Waals surface area contributed by atoms with Crippen molar-refractivity contribution in [2.24, 2.45) is 0 Å². The highest BCUT2D eigenvalue weighted by molar-refractivity contribution is 5.44. The van der Waals surface area contributed by atoms with E-state index in [0.29, 0.717) is 0 Å². The van der Waals surface area contributed by atoms with Crippen molar-refractivity contribution in [3.05, 3.63) is 95.6 Å². The van der Waals surface area contributed by atoms with Gasteiger partial charge in [0.15, 0.2) is 0 Å². The Hall–Kier alpha value is -2.52. The summed E-state index contributed by atoms with van der Waals surface area (Å²) in [7, 11) is 0. The molecular weight excluding hydrogens is 288 g/mol. The first kappa shape index (κ1) is 17.8. The van der Waals surface area contributed by atoms with Crippen molar-refractivity contribution in [3.8, 4) is 11.8 Å². The summed E-state index contributed by atoms with van der Waals surface area (Å²) in [6.45, 7) is 5.83. The molecule has 2 aromatic carbocycles. The Morgan fingerprint density at radius 2 is 1.33 bits per heavy atom. The molecule has 2 aromatic rings. The molecule has 2 rings (SSSR count). The van der Waals surface area contributed by atoms with Crippen LogP contribution in [0.3, 0.4) is 0 Å². The second kappa shape index (κ2) is 10.3. The molecule has 0 N–H and O–H groups in total. The second-order valence-electron chi connectivity index (χ2n) is 5.93. The normalized spacial score (nSPS) is 10.4. The third-order valence-corrected chi connectivity index (χ3v) is 3.97. The Bertz CT molecular complexity index is 703. The lowest BCUT2D eigenvalue weighted by molar-refractivity contribution is 0.842. The van der Waals surface area contributed by atoms with Crippen LogP contribution < -0.4 is 0 Å². The topological polar surface area (TPSA) is 0 Å². The van der Waals surface area contributed by atoms with Gasteiger partial charge < -0.3 is 0 Å². The van der Waals surface area contributed by atoms with Gasteiger partial charge in [0.25, 0.3) is 0 Å². The molecule has 0 bridgehead atoms. The fourth-order valence-corrected chi connectivity index (χ4v) is 2.51. The lowest BCUT2D eigenvalue weighted by Gasteiger charge is -2.00. The summed E-state index contributed by atoms with van der Waals surface area (Å²) >= 11 is 0. The van der Waals surface area contributed by atoms with E-state index in [2.05, 4.69) is 86.0 Å². The molecule has 0 unspecified atom stereocenters. The minimum absolute atomic E-state index is 1.02. The van der Waals surface area contributed by atoms with Crippen LogP contribution in [0.25, 0.3) is 0 Å². The van der Waals surface area contributed by atoms with E-state index in [1.54, 1.807) is 0 Å². The van der Waals surface area contributed by atoms with E-state index >= 15 is 0 Å². The van der Waals surface area contributed by atoms with Crippen LogP contribution in [0.1, 0.15) is 48.4 Å². The maximum atomic E-state index is 3.76. The largest absolute Gasteiger partial charge is 0.103 e. The van der Waals surface area contributed by atoms with E-state index in [1.807, 2.05) is 6.08 Å². The molecule has 0 atom stereocenters. The molecule has 0 saturated carbocycles. The smallest absolute Gasteiger partial charge is 0.0249 e. The number of rotatable bonds is 7. The average molecular weight is 314 g/mol. The summed E-state index contributed by atoms with van der Waals surface area (Å²) in [5, 5.41) is 0. The van der Waals surface area contributed by atoms with Crippen LogP contribution in [0, 0.1) is 11.8 Å². The van der Waals surface area contributed by atoms with Crippen LogP contribution in [0.5, 0.6) is 0 Å². The molecule has 0 radical (unpaired) electrons. The van der Waals surface area contributed by atoms with Crippen molar-refractivity contribution in [2.45, 2.75) is 39.0 Å². The summed E-state index contributed by atoms with van der Waals surface area (Å²) < 4.78 is 0. The first-order valence-electron chi connectivity index (χ1n) is 8.74. The Morgan fingerprint density at radius 3 is 1.83 bits per heavy atom. The van der Waals surface area contributed by atoms with Crippen LogP contribution in [0.15, 0.2) is 73.3 Å². The van der Waals surface area contributed by atoms with Crippen molar-refractivity contribution >= 4 is 0 Å². The maximum Gasteiger partial charge on any atom is 0.0249 e. The van der Waals surface area contributed by atoms with Crippen LogP contribution >= 0.6 is 0 Å². The van der Waals surface area contributed by atoms with Gasteiger partial charge in [-0.1, -0.05) is 54.3 Å². The van der Waals surface area contributed by atoms with Gasteiger partial charge in [-0.25, -0.2) is 0 Å². The predicted octanol–water partition coefficient (Wildman–Crippen LogP) is 6.10. The minimum atomic E-state index is 1.02. The SMILES string of the molecule is C=CCCc1ccc(C#Cc2ccc(CCCC=CC)cc2)cc1. The molecule has 0 aliphatic carbocycles. The molecule has 0 heteroatoms. The third kappa shape index (κ3) is 6.31. The first-order chi connectivity index (χ1) is 11.8. The molecule has 0 heterocycles. The van der Waals surface area contributed by atoms with Crippen molar-refractivity contribution in [2.75, 3.05) is 0 Å². The van der Waals surface area contributed by atoms with E-state index in [1.165, 1.54) is 17.5 Å². The molecular formula is C24H26.